The second kappa shape index (κ2) is 5.73. The minimum atomic E-state index is -3.08. The van der Waals surface area contributed by atoms with Crippen molar-refractivity contribution in [2.24, 2.45) is 11.8 Å². The summed E-state index contributed by atoms with van der Waals surface area (Å²) in [5, 5.41) is 3.76. The van der Waals surface area contributed by atoms with Crippen molar-refractivity contribution >= 4 is 9.84 Å². The Morgan fingerprint density at radius 3 is 2.67 bits per heavy atom. The molecule has 116 valence electrons. The Labute approximate surface area is 128 Å². The Morgan fingerprint density at radius 2 is 1.95 bits per heavy atom. The smallest absolute Gasteiger partial charge is 0.178 e. The van der Waals surface area contributed by atoms with Gasteiger partial charge in [0.15, 0.2) is 9.84 Å². The lowest BCUT2D eigenvalue weighted by Crippen LogP contribution is -2.38. The molecule has 2 aliphatic rings. The number of nitrogens with one attached hydrogen (secondary N) is 1. The molecule has 1 aliphatic carbocycles. The van der Waals surface area contributed by atoms with E-state index in [1.54, 1.807) is 6.07 Å². The normalized spacial score (nSPS) is 34.6. The molecule has 0 aromatic heterocycles. The average Bonchev–Trinajstić information content (AvgIpc) is 2.83. The van der Waals surface area contributed by atoms with Gasteiger partial charge in [-0.2, -0.15) is 0 Å². The topological polar surface area (TPSA) is 46.2 Å². The van der Waals surface area contributed by atoms with E-state index in [0.29, 0.717) is 23.3 Å². The first-order chi connectivity index (χ1) is 10.0. The molecule has 1 aromatic rings. The van der Waals surface area contributed by atoms with Gasteiger partial charge in [-0.15, -0.1) is 0 Å². The van der Waals surface area contributed by atoms with Crippen LogP contribution in [0.2, 0.25) is 0 Å². The van der Waals surface area contributed by atoms with E-state index in [4.69, 9.17) is 0 Å². The van der Waals surface area contributed by atoms with Gasteiger partial charge in [0.25, 0.3) is 0 Å². The number of hydrogen-bond donors (Lipinski definition) is 1. The zero-order chi connectivity index (χ0) is 15.0. The lowest BCUT2D eigenvalue weighted by Gasteiger charge is -2.31. The molecule has 3 nitrogen and oxygen atoms in total. The molecule has 0 bridgehead atoms. The number of benzene rings is 1. The number of rotatable bonds is 3. The molecule has 1 N–H and O–H groups in total. The first-order valence-corrected chi connectivity index (χ1v) is 9.76. The van der Waals surface area contributed by atoms with Crippen LogP contribution in [0.5, 0.6) is 0 Å². The third-order valence-corrected chi connectivity index (χ3v) is 7.29. The van der Waals surface area contributed by atoms with Gasteiger partial charge >= 0.3 is 0 Å². The van der Waals surface area contributed by atoms with Gasteiger partial charge in [0.2, 0.25) is 0 Å². The molecule has 3 rings (SSSR count). The number of sulfone groups is 1. The second-order valence-electron chi connectivity index (χ2n) is 6.58. The molecular weight excluding hydrogens is 282 g/mol. The van der Waals surface area contributed by atoms with Crippen LogP contribution in [0.15, 0.2) is 29.2 Å². The molecule has 0 amide bonds. The molecule has 1 aliphatic heterocycles. The summed E-state index contributed by atoms with van der Waals surface area (Å²) >= 11 is 0. The quantitative estimate of drug-likeness (QED) is 0.932. The van der Waals surface area contributed by atoms with Crippen LogP contribution in [0.3, 0.4) is 0 Å². The molecular formula is C17H25NO2S. The summed E-state index contributed by atoms with van der Waals surface area (Å²) in [4.78, 5) is 0.534. The molecule has 4 unspecified atom stereocenters. The standard InChI is InChI=1S/C17H25NO2S/c1-3-13-8-9-15(12(13)2)18-16-10-11-21(19,20)17-7-5-4-6-14(16)17/h4-7,12-13,15-16,18H,3,8-11H2,1-2H3. The van der Waals surface area contributed by atoms with Gasteiger partial charge < -0.3 is 5.32 Å². The van der Waals surface area contributed by atoms with Crippen LogP contribution in [-0.4, -0.2) is 20.2 Å². The van der Waals surface area contributed by atoms with Crippen molar-refractivity contribution in [3.63, 3.8) is 0 Å². The highest BCUT2D eigenvalue weighted by molar-refractivity contribution is 7.91. The van der Waals surface area contributed by atoms with E-state index in [9.17, 15) is 8.42 Å². The molecule has 21 heavy (non-hydrogen) atoms. The summed E-state index contributed by atoms with van der Waals surface area (Å²) in [6.07, 6.45) is 4.45. The van der Waals surface area contributed by atoms with Crippen LogP contribution < -0.4 is 5.32 Å². The first kappa shape index (κ1) is 15.0. The molecule has 0 radical (unpaired) electrons. The maximum absolute atomic E-state index is 12.2. The van der Waals surface area contributed by atoms with Crippen molar-refractivity contribution in [3.8, 4) is 0 Å². The Balaban J connectivity index is 1.82. The Hall–Kier alpha value is -0.870. The van der Waals surface area contributed by atoms with Gasteiger partial charge in [-0.05, 0) is 42.7 Å². The van der Waals surface area contributed by atoms with Crippen LogP contribution in [0, 0.1) is 11.8 Å². The molecule has 4 atom stereocenters. The van der Waals surface area contributed by atoms with Gasteiger partial charge in [0.05, 0.1) is 10.6 Å². The first-order valence-electron chi connectivity index (χ1n) is 8.10. The van der Waals surface area contributed by atoms with Crippen molar-refractivity contribution in [3.05, 3.63) is 29.8 Å². The Bertz CT molecular complexity index is 611. The van der Waals surface area contributed by atoms with Crippen molar-refractivity contribution in [1.82, 2.24) is 5.32 Å². The summed E-state index contributed by atoms with van der Waals surface area (Å²) in [7, 11) is -3.08. The average molecular weight is 307 g/mol. The summed E-state index contributed by atoms with van der Waals surface area (Å²) < 4.78 is 24.4. The van der Waals surface area contributed by atoms with E-state index in [-0.39, 0.29) is 11.8 Å². The van der Waals surface area contributed by atoms with Crippen molar-refractivity contribution < 1.29 is 8.42 Å². The fourth-order valence-corrected chi connectivity index (χ4v) is 5.70. The highest BCUT2D eigenvalue weighted by Crippen LogP contribution is 2.38. The van der Waals surface area contributed by atoms with Crippen molar-refractivity contribution in [2.45, 2.75) is 56.5 Å². The zero-order valence-corrected chi connectivity index (χ0v) is 13.7. The maximum Gasteiger partial charge on any atom is 0.178 e. The van der Waals surface area contributed by atoms with Crippen LogP contribution >= 0.6 is 0 Å². The van der Waals surface area contributed by atoms with E-state index < -0.39 is 9.84 Å². The van der Waals surface area contributed by atoms with E-state index in [0.717, 1.165) is 11.5 Å². The van der Waals surface area contributed by atoms with E-state index in [1.807, 2.05) is 18.2 Å². The fraction of sp³-hybridized carbons (Fsp3) is 0.647. The van der Waals surface area contributed by atoms with Crippen LogP contribution in [0.4, 0.5) is 0 Å². The highest BCUT2D eigenvalue weighted by Gasteiger charge is 2.36. The largest absolute Gasteiger partial charge is 0.307 e. The van der Waals surface area contributed by atoms with Gasteiger partial charge in [-0.25, -0.2) is 8.42 Å². The molecule has 0 spiro atoms. The third kappa shape index (κ3) is 2.76. The third-order valence-electron chi connectivity index (χ3n) is 5.47. The van der Waals surface area contributed by atoms with E-state index in [2.05, 4.69) is 19.2 Å². The van der Waals surface area contributed by atoms with Crippen molar-refractivity contribution in [2.75, 3.05) is 5.75 Å². The lowest BCUT2D eigenvalue weighted by molar-refractivity contribution is 0.315. The van der Waals surface area contributed by atoms with Gasteiger partial charge in [0, 0.05) is 12.1 Å². The van der Waals surface area contributed by atoms with Crippen LogP contribution in [0.25, 0.3) is 0 Å². The molecule has 1 aromatic carbocycles. The van der Waals surface area contributed by atoms with Crippen LogP contribution in [-0.2, 0) is 9.84 Å². The molecule has 1 fully saturated rings. The maximum atomic E-state index is 12.2. The summed E-state index contributed by atoms with van der Waals surface area (Å²) in [6.45, 7) is 4.61. The Kier molecular flexibility index (Phi) is 4.10. The van der Waals surface area contributed by atoms with Crippen LogP contribution in [0.1, 0.15) is 51.1 Å². The predicted octanol–water partition coefficient (Wildman–Crippen LogP) is 3.32. The van der Waals surface area contributed by atoms with Crippen molar-refractivity contribution in [1.29, 1.82) is 0 Å². The highest BCUT2D eigenvalue weighted by atomic mass is 32.2. The Morgan fingerprint density at radius 1 is 1.19 bits per heavy atom. The number of fused-ring (bicyclic) bond motifs is 1. The van der Waals surface area contributed by atoms with Gasteiger partial charge in [-0.3, -0.25) is 0 Å². The predicted molar refractivity (Wildman–Crippen MR) is 85.0 cm³/mol. The minimum Gasteiger partial charge on any atom is -0.307 e. The molecule has 0 saturated heterocycles. The SMILES string of the molecule is CCC1CCC(NC2CCS(=O)(=O)c3ccccc32)C1C. The second-order valence-corrected chi connectivity index (χ2v) is 8.65. The fourth-order valence-electron chi connectivity index (χ4n) is 4.08. The minimum absolute atomic E-state index is 0.188. The lowest BCUT2D eigenvalue weighted by atomic mass is 9.92. The number of hydrogen-bond acceptors (Lipinski definition) is 3. The molecule has 1 saturated carbocycles. The summed E-state index contributed by atoms with van der Waals surface area (Å²) in [5.41, 5.74) is 0.968. The van der Waals surface area contributed by atoms with Gasteiger partial charge in [0.1, 0.15) is 0 Å². The van der Waals surface area contributed by atoms with Gasteiger partial charge in [-0.1, -0.05) is 38.5 Å². The molecule has 4 heteroatoms. The molecule has 1 heterocycles. The van der Waals surface area contributed by atoms with E-state index >= 15 is 0 Å². The monoisotopic (exact) mass is 307 g/mol. The zero-order valence-electron chi connectivity index (χ0n) is 12.9. The summed E-state index contributed by atoms with van der Waals surface area (Å²) in [6, 6.07) is 8.21. The summed E-state index contributed by atoms with van der Waals surface area (Å²) in [5.74, 6) is 1.76. The van der Waals surface area contributed by atoms with E-state index in [1.165, 1.54) is 19.3 Å².